The van der Waals surface area contributed by atoms with Gasteiger partial charge in [-0.1, -0.05) is 6.07 Å². The van der Waals surface area contributed by atoms with Gasteiger partial charge in [-0.25, -0.2) is 0 Å². The Morgan fingerprint density at radius 1 is 1.39 bits per heavy atom. The first kappa shape index (κ1) is 12.0. The second-order valence-electron chi connectivity index (χ2n) is 3.93. The standard InChI is InChI=1S/C13H14N4O/c1-9-3-2-4-11(17-9)8-16-13(18)12-7-10(14)5-6-15-12/h2-7H,8H2,1H3,(H2,14,15)(H,16,18). The van der Waals surface area contributed by atoms with E-state index in [1.54, 1.807) is 12.1 Å². The average Bonchev–Trinajstić information content (AvgIpc) is 2.36. The van der Waals surface area contributed by atoms with E-state index < -0.39 is 0 Å². The maximum Gasteiger partial charge on any atom is 0.270 e. The van der Waals surface area contributed by atoms with Gasteiger partial charge in [-0.3, -0.25) is 14.8 Å². The number of carbonyl (C=O) groups excluding carboxylic acids is 1. The first-order valence-corrected chi connectivity index (χ1v) is 5.57. The third-order valence-corrected chi connectivity index (χ3v) is 2.39. The van der Waals surface area contributed by atoms with Gasteiger partial charge in [0.1, 0.15) is 5.69 Å². The van der Waals surface area contributed by atoms with E-state index in [1.165, 1.54) is 6.20 Å². The third-order valence-electron chi connectivity index (χ3n) is 2.39. The summed E-state index contributed by atoms with van der Waals surface area (Å²) in [7, 11) is 0. The van der Waals surface area contributed by atoms with Crippen LogP contribution in [0.2, 0.25) is 0 Å². The van der Waals surface area contributed by atoms with Gasteiger partial charge in [-0.05, 0) is 31.2 Å². The zero-order valence-electron chi connectivity index (χ0n) is 10.1. The Morgan fingerprint density at radius 3 is 2.94 bits per heavy atom. The first-order chi connectivity index (χ1) is 8.65. The van der Waals surface area contributed by atoms with Crippen LogP contribution in [0.25, 0.3) is 0 Å². The molecule has 18 heavy (non-hydrogen) atoms. The Labute approximate surface area is 105 Å². The highest BCUT2D eigenvalue weighted by molar-refractivity contribution is 5.92. The smallest absolute Gasteiger partial charge is 0.270 e. The Bertz CT molecular complexity index is 568. The minimum atomic E-state index is -0.259. The van der Waals surface area contributed by atoms with Crippen molar-refractivity contribution in [2.75, 3.05) is 5.73 Å². The van der Waals surface area contributed by atoms with E-state index in [2.05, 4.69) is 15.3 Å². The Hall–Kier alpha value is -2.43. The van der Waals surface area contributed by atoms with Crippen molar-refractivity contribution in [1.82, 2.24) is 15.3 Å². The predicted molar refractivity (Wildman–Crippen MR) is 68.8 cm³/mol. The molecule has 0 saturated heterocycles. The molecule has 2 heterocycles. The van der Waals surface area contributed by atoms with Crippen LogP contribution in [0.15, 0.2) is 36.5 Å². The number of nitrogen functional groups attached to an aromatic ring is 1. The number of amides is 1. The zero-order valence-corrected chi connectivity index (χ0v) is 10.1. The summed E-state index contributed by atoms with van der Waals surface area (Å²) < 4.78 is 0. The monoisotopic (exact) mass is 242 g/mol. The molecule has 0 atom stereocenters. The molecule has 0 aromatic carbocycles. The minimum Gasteiger partial charge on any atom is -0.399 e. The van der Waals surface area contributed by atoms with E-state index in [1.807, 2.05) is 25.1 Å². The molecule has 0 radical (unpaired) electrons. The van der Waals surface area contributed by atoms with Gasteiger partial charge in [-0.2, -0.15) is 0 Å². The summed E-state index contributed by atoms with van der Waals surface area (Å²) in [6.45, 7) is 2.28. The predicted octanol–water partition coefficient (Wildman–Crippen LogP) is 1.30. The van der Waals surface area contributed by atoms with Gasteiger partial charge in [0.25, 0.3) is 5.91 Å². The molecule has 0 saturated carbocycles. The minimum absolute atomic E-state index is 0.259. The van der Waals surface area contributed by atoms with E-state index in [0.29, 0.717) is 17.9 Å². The van der Waals surface area contributed by atoms with Crippen molar-refractivity contribution in [3.63, 3.8) is 0 Å². The SMILES string of the molecule is Cc1cccc(CNC(=O)c2cc(N)ccn2)n1. The van der Waals surface area contributed by atoms with Crippen LogP contribution in [0, 0.1) is 6.92 Å². The molecule has 0 aliphatic carbocycles. The number of anilines is 1. The van der Waals surface area contributed by atoms with Crippen molar-refractivity contribution in [2.24, 2.45) is 0 Å². The van der Waals surface area contributed by atoms with Gasteiger partial charge in [0, 0.05) is 17.6 Å². The Kier molecular flexibility index (Phi) is 3.52. The Morgan fingerprint density at radius 2 is 2.22 bits per heavy atom. The maximum atomic E-state index is 11.8. The number of nitrogens with zero attached hydrogens (tertiary/aromatic N) is 2. The first-order valence-electron chi connectivity index (χ1n) is 5.57. The van der Waals surface area contributed by atoms with Crippen molar-refractivity contribution >= 4 is 11.6 Å². The van der Waals surface area contributed by atoms with Crippen LogP contribution in [0.5, 0.6) is 0 Å². The number of aromatic nitrogens is 2. The lowest BCUT2D eigenvalue weighted by Crippen LogP contribution is -2.24. The maximum absolute atomic E-state index is 11.8. The fourth-order valence-corrected chi connectivity index (χ4v) is 1.53. The molecule has 2 aromatic rings. The lowest BCUT2D eigenvalue weighted by molar-refractivity contribution is 0.0945. The van der Waals surface area contributed by atoms with Crippen LogP contribution in [-0.4, -0.2) is 15.9 Å². The number of hydrogen-bond donors (Lipinski definition) is 2. The van der Waals surface area contributed by atoms with Crippen molar-refractivity contribution in [2.45, 2.75) is 13.5 Å². The number of pyridine rings is 2. The fraction of sp³-hybridized carbons (Fsp3) is 0.154. The molecule has 2 rings (SSSR count). The fourth-order valence-electron chi connectivity index (χ4n) is 1.53. The molecule has 0 aliphatic heterocycles. The van der Waals surface area contributed by atoms with E-state index in [9.17, 15) is 4.79 Å². The molecule has 3 N–H and O–H groups in total. The number of nitrogens with two attached hydrogens (primary N) is 1. The van der Waals surface area contributed by atoms with Crippen LogP contribution < -0.4 is 11.1 Å². The molecule has 1 amide bonds. The molecule has 0 bridgehead atoms. The largest absolute Gasteiger partial charge is 0.399 e. The van der Waals surface area contributed by atoms with E-state index in [0.717, 1.165) is 11.4 Å². The molecule has 0 spiro atoms. The number of aryl methyl sites for hydroxylation is 1. The summed E-state index contributed by atoms with van der Waals surface area (Å²) in [6, 6.07) is 8.85. The second-order valence-corrected chi connectivity index (χ2v) is 3.93. The molecular formula is C13H14N4O. The number of hydrogen-bond acceptors (Lipinski definition) is 4. The van der Waals surface area contributed by atoms with E-state index in [-0.39, 0.29) is 5.91 Å². The van der Waals surface area contributed by atoms with Crippen LogP contribution in [0.1, 0.15) is 21.9 Å². The van der Waals surface area contributed by atoms with Crippen LogP contribution in [0.3, 0.4) is 0 Å². The van der Waals surface area contributed by atoms with Gasteiger partial charge >= 0.3 is 0 Å². The molecule has 0 unspecified atom stereocenters. The Balaban J connectivity index is 2.00. The van der Waals surface area contributed by atoms with Crippen molar-refractivity contribution in [3.05, 3.63) is 53.6 Å². The van der Waals surface area contributed by atoms with E-state index >= 15 is 0 Å². The third kappa shape index (κ3) is 3.04. The lowest BCUT2D eigenvalue weighted by Gasteiger charge is -2.05. The summed E-state index contributed by atoms with van der Waals surface area (Å²) >= 11 is 0. The molecule has 0 aliphatic rings. The molecule has 5 nitrogen and oxygen atoms in total. The topological polar surface area (TPSA) is 80.9 Å². The highest BCUT2D eigenvalue weighted by atomic mass is 16.1. The van der Waals surface area contributed by atoms with Crippen molar-refractivity contribution in [1.29, 1.82) is 0 Å². The average molecular weight is 242 g/mol. The molecule has 92 valence electrons. The van der Waals surface area contributed by atoms with E-state index in [4.69, 9.17) is 5.73 Å². The van der Waals surface area contributed by atoms with Crippen LogP contribution in [-0.2, 0) is 6.54 Å². The second kappa shape index (κ2) is 5.27. The summed E-state index contributed by atoms with van der Waals surface area (Å²) in [5.74, 6) is -0.259. The molecular weight excluding hydrogens is 228 g/mol. The van der Waals surface area contributed by atoms with Gasteiger partial charge in [0.2, 0.25) is 0 Å². The lowest BCUT2D eigenvalue weighted by atomic mass is 10.3. The van der Waals surface area contributed by atoms with Gasteiger partial charge in [0.05, 0.1) is 12.2 Å². The zero-order chi connectivity index (χ0) is 13.0. The van der Waals surface area contributed by atoms with Crippen LogP contribution in [0.4, 0.5) is 5.69 Å². The van der Waals surface area contributed by atoms with Gasteiger partial charge in [0.15, 0.2) is 0 Å². The quantitative estimate of drug-likeness (QED) is 0.850. The van der Waals surface area contributed by atoms with Crippen molar-refractivity contribution < 1.29 is 4.79 Å². The van der Waals surface area contributed by atoms with Gasteiger partial charge < -0.3 is 11.1 Å². The summed E-state index contributed by atoms with van der Waals surface area (Å²) in [4.78, 5) is 20.1. The van der Waals surface area contributed by atoms with Crippen molar-refractivity contribution in [3.8, 4) is 0 Å². The van der Waals surface area contributed by atoms with Crippen LogP contribution >= 0.6 is 0 Å². The summed E-state index contributed by atoms with van der Waals surface area (Å²) in [5.41, 5.74) is 8.15. The van der Waals surface area contributed by atoms with Gasteiger partial charge in [-0.15, -0.1) is 0 Å². The summed E-state index contributed by atoms with van der Waals surface area (Å²) in [6.07, 6.45) is 1.51. The normalized spacial score (nSPS) is 10.1. The summed E-state index contributed by atoms with van der Waals surface area (Å²) in [5, 5.41) is 2.75. The number of carbonyl (C=O) groups is 1. The molecule has 0 fully saturated rings. The highest BCUT2D eigenvalue weighted by Crippen LogP contribution is 2.03. The number of nitrogens with one attached hydrogen (secondary N) is 1. The highest BCUT2D eigenvalue weighted by Gasteiger charge is 2.07. The molecule has 5 heteroatoms. The number of rotatable bonds is 3. The molecule has 2 aromatic heterocycles.